The van der Waals surface area contributed by atoms with Crippen molar-refractivity contribution in [3.05, 3.63) is 63.6 Å². The summed E-state index contributed by atoms with van der Waals surface area (Å²) in [6, 6.07) is 8.38. The van der Waals surface area contributed by atoms with Crippen LogP contribution in [0.25, 0.3) is 0 Å². The molecule has 1 fully saturated rings. The van der Waals surface area contributed by atoms with Crippen molar-refractivity contribution in [2.75, 3.05) is 6.61 Å². The Morgan fingerprint density at radius 1 is 1.21 bits per heavy atom. The lowest BCUT2D eigenvalue weighted by molar-refractivity contribution is -0.0107. The van der Waals surface area contributed by atoms with Gasteiger partial charge in [0.05, 0.1) is 12.6 Å². The molecule has 2 aromatic rings. The first-order chi connectivity index (χ1) is 16.1. The molecule has 0 spiro atoms. The zero-order valence-electron chi connectivity index (χ0n) is 19.4. The highest BCUT2D eigenvalue weighted by molar-refractivity contribution is 5.98. The minimum Gasteiger partial charge on any atom is -0.483 e. The van der Waals surface area contributed by atoms with Crippen molar-refractivity contribution in [3.63, 3.8) is 0 Å². The van der Waals surface area contributed by atoms with Crippen molar-refractivity contribution >= 4 is 11.9 Å². The van der Waals surface area contributed by atoms with Gasteiger partial charge in [-0.05, 0) is 38.7 Å². The van der Waals surface area contributed by atoms with Crippen LogP contribution in [0.2, 0.25) is 0 Å². The molecule has 1 aromatic heterocycles. The summed E-state index contributed by atoms with van der Waals surface area (Å²) in [7, 11) is 0. The van der Waals surface area contributed by atoms with Crippen LogP contribution in [0.15, 0.2) is 41.3 Å². The minimum atomic E-state index is -2.87. The molecule has 1 unspecified atom stereocenters. The molecule has 1 aromatic carbocycles. The zero-order chi connectivity index (χ0) is 24.6. The molecular formula is C25H28F2N2O5. The summed E-state index contributed by atoms with van der Waals surface area (Å²) in [6.07, 6.45) is 1.39. The molecule has 3 heterocycles. The van der Waals surface area contributed by atoms with E-state index in [4.69, 9.17) is 9.47 Å². The number of ether oxygens (including phenoxy) is 2. The van der Waals surface area contributed by atoms with E-state index in [-0.39, 0.29) is 49.2 Å². The molecule has 1 amide bonds. The summed E-state index contributed by atoms with van der Waals surface area (Å²) >= 11 is 0. The van der Waals surface area contributed by atoms with Gasteiger partial charge in [-0.2, -0.15) is 0 Å². The first-order valence-corrected chi connectivity index (χ1v) is 11.4. The van der Waals surface area contributed by atoms with Crippen molar-refractivity contribution < 1.29 is 27.8 Å². The average molecular weight is 475 g/mol. The van der Waals surface area contributed by atoms with Crippen molar-refractivity contribution in [3.8, 4) is 5.75 Å². The number of fused-ring (bicyclic) bond motifs is 2. The average Bonchev–Trinajstić information content (AvgIpc) is 3.07. The Labute approximate surface area is 196 Å². The summed E-state index contributed by atoms with van der Waals surface area (Å²) in [5.41, 5.74) is -0.168. The summed E-state index contributed by atoms with van der Waals surface area (Å²) < 4.78 is 40.1. The third-order valence-electron chi connectivity index (χ3n) is 6.42. The molecule has 2 aliphatic heterocycles. The molecule has 0 radical (unpaired) electrons. The summed E-state index contributed by atoms with van der Waals surface area (Å²) in [5.74, 6) is -4.78. The van der Waals surface area contributed by atoms with E-state index in [0.717, 1.165) is 12.5 Å². The number of alkyl halides is 2. The molecule has 0 bridgehead atoms. The second-order valence-corrected chi connectivity index (χ2v) is 9.10. The van der Waals surface area contributed by atoms with E-state index < -0.39 is 35.2 Å². The van der Waals surface area contributed by atoms with Gasteiger partial charge in [-0.25, -0.2) is 13.6 Å². The quantitative estimate of drug-likeness (QED) is 0.569. The second kappa shape index (κ2) is 9.19. The molecule has 2 aliphatic rings. The molecule has 7 nitrogen and oxygen atoms in total. The number of benzene rings is 1. The van der Waals surface area contributed by atoms with Crippen LogP contribution in [0.1, 0.15) is 60.0 Å². The van der Waals surface area contributed by atoms with Gasteiger partial charge in [0, 0.05) is 25.2 Å². The van der Waals surface area contributed by atoms with Crippen LogP contribution in [0.3, 0.4) is 0 Å². The molecule has 0 N–H and O–H groups in total. The van der Waals surface area contributed by atoms with Crippen molar-refractivity contribution in [2.45, 2.75) is 64.8 Å². The molecule has 9 heteroatoms. The number of esters is 1. The molecule has 0 saturated carbocycles. The molecular weight excluding hydrogens is 446 g/mol. The fourth-order valence-corrected chi connectivity index (χ4v) is 5.08. The highest BCUT2D eigenvalue weighted by Crippen LogP contribution is 2.41. The molecule has 34 heavy (non-hydrogen) atoms. The Hall–Kier alpha value is -3.23. The van der Waals surface area contributed by atoms with Crippen molar-refractivity contribution in [1.82, 2.24) is 9.47 Å². The predicted molar refractivity (Wildman–Crippen MR) is 120 cm³/mol. The van der Waals surface area contributed by atoms with Gasteiger partial charge in [-0.1, -0.05) is 30.3 Å². The van der Waals surface area contributed by atoms with E-state index in [1.165, 1.54) is 10.8 Å². The number of amides is 1. The van der Waals surface area contributed by atoms with Gasteiger partial charge in [0.15, 0.2) is 11.4 Å². The Morgan fingerprint density at radius 2 is 1.91 bits per heavy atom. The van der Waals surface area contributed by atoms with Gasteiger partial charge < -0.3 is 18.9 Å². The van der Waals surface area contributed by atoms with Gasteiger partial charge in [0.25, 0.3) is 5.91 Å². The lowest BCUT2D eigenvalue weighted by atomic mass is 9.91. The molecule has 1 saturated heterocycles. The van der Waals surface area contributed by atoms with E-state index in [0.29, 0.717) is 6.42 Å². The normalized spacial score (nSPS) is 21.7. The third-order valence-corrected chi connectivity index (χ3v) is 6.42. The van der Waals surface area contributed by atoms with Crippen LogP contribution >= 0.6 is 0 Å². The summed E-state index contributed by atoms with van der Waals surface area (Å²) in [5, 5.41) is 0. The number of hydrogen-bond acceptors (Lipinski definition) is 5. The second-order valence-electron chi connectivity index (χ2n) is 9.10. The maximum atomic E-state index is 13.9. The van der Waals surface area contributed by atoms with Crippen LogP contribution in [-0.4, -0.2) is 46.0 Å². The lowest BCUT2D eigenvalue weighted by Crippen LogP contribution is -2.50. The first kappa shape index (κ1) is 23.9. The SMILES string of the molecule is CCOC(=O)c1cn2c(c(OCc3ccccc3)c1=O)C(=O)N1[C@@H](C)CC(CC(C)(F)F)[C@@H]1C2. The van der Waals surface area contributed by atoms with Crippen molar-refractivity contribution in [2.24, 2.45) is 5.92 Å². The minimum absolute atomic E-state index is 0.0201. The Bertz CT molecular complexity index is 1140. The van der Waals surface area contributed by atoms with Gasteiger partial charge in [-0.15, -0.1) is 0 Å². The van der Waals surface area contributed by atoms with E-state index in [1.54, 1.807) is 11.8 Å². The topological polar surface area (TPSA) is 77.8 Å². The number of halogens is 2. The summed E-state index contributed by atoms with van der Waals surface area (Å²) in [4.78, 5) is 40.9. The molecule has 3 atom stereocenters. The Balaban J connectivity index is 1.78. The van der Waals surface area contributed by atoms with Crippen LogP contribution in [-0.2, 0) is 17.9 Å². The molecule has 0 aliphatic carbocycles. The smallest absolute Gasteiger partial charge is 0.343 e. The number of rotatable bonds is 7. The highest BCUT2D eigenvalue weighted by atomic mass is 19.3. The Morgan fingerprint density at radius 3 is 2.56 bits per heavy atom. The number of carbonyl (C=O) groups is 2. The number of nitrogens with zero attached hydrogens (tertiary/aromatic N) is 2. The fourth-order valence-electron chi connectivity index (χ4n) is 5.08. The predicted octanol–water partition coefficient (Wildman–Crippen LogP) is 3.88. The lowest BCUT2D eigenvalue weighted by Gasteiger charge is -2.37. The molecule has 182 valence electrons. The Kier molecular flexibility index (Phi) is 6.47. The number of carbonyl (C=O) groups excluding carboxylic acids is 2. The number of hydrogen-bond donors (Lipinski definition) is 0. The van der Waals surface area contributed by atoms with E-state index in [9.17, 15) is 23.2 Å². The van der Waals surface area contributed by atoms with E-state index in [1.807, 2.05) is 37.3 Å². The molecule has 4 rings (SSSR count). The summed E-state index contributed by atoms with van der Waals surface area (Å²) in [6.45, 7) is 4.60. The zero-order valence-corrected chi connectivity index (χ0v) is 19.4. The van der Waals surface area contributed by atoms with Gasteiger partial charge >= 0.3 is 5.97 Å². The van der Waals surface area contributed by atoms with Crippen LogP contribution in [0.5, 0.6) is 5.75 Å². The van der Waals surface area contributed by atoms with Crippen LogP contribution < -0.4 is 10.2 Å². The highest BCUT2D eigenvalue weighted by Gasteiger charge is 2.49. The fraction of sp³-hybridized carbons (Fsp3) is 0.480. The van der Waals surface area contributed by atoms with Crippen LogP contribution in [0, 0.1) is 5.92 Å². The largest absolute Gasteiger partial charge is 0.483 e. The van der Waals surface area contributed by atoms with Crippen molar-refractivity contribution in [1.29, 1.82) is 0 Å². The van der Waals surface area contributed by atoms with E-state index >= 15 is 0 Å². The third kappa shape index (κ3) is 4.56. The van der Waals surface area contributed by atoms with Gasteiger partial charge in [-0.3, -0.25) is 9.59 Å². The number of pyridine rings is 1. The monoisotopic (exact) mass is 474 g/mol. The maximum absolute atomic E-state index is 13.9. The van der Waals surface area contributed by atoms with Crippen LogP contribution in [0.4, 0.5) is 8.78 Å². The van der Waals surface area contributed by atoms with Gasteiger partial charge in [0.2, 0.25) is 11.4 Å². The first-order valence-electron chi connectivity index (χ1n) is 11.4. The van der Waals surface area contributed by atoms with Gasteiger partial charge in [0.1, 0.15) is 12.2 Å². The number of aromatic nitrogens is 1. The standard InChI is InChI=1S/C25H28F2N2O5/c1-4-33-24(32)18-12-28-13-19-17(11-25(3,26)27)10-15(2)29(19)23(31)20(28)22(21(18)30)34-14-16-8-6-5-7-9-16/h5-9,12,15,17,19H,4,10-11,13-14H2,1-3H3/t15-,17?,19-/m0/s1. The van der Waals surface area contributed by atoms with E-state index in [2.05, 4.69) is 0 Å². The maximum Gasteiger partial charge on any atom is 0.343 e.